The summed E-state index contributed by atoms with van der Waals surface area (Å²) in [6.45, 7) is 0. The van der Waals surface area contributed by atoms with Crippen molar-refractivity contribution in [1.29, 1.82) is 0 Å². The Morgan fingerprint density at radius 2 is 1.94 bits per heavy atom. The van der Waals surface area contributed by atoms with Gasteiger partial charge in [0.2, 0.25) is 0 Å². The predicted octanol–water partition coefficient (Wildman–Crippen LogP) is 3.89. The maximum absolute atomic E-state index is 3.92. The number of benzene rings is 1. The van der Waals surface area contributed by atoms with Gasteiger partial charge >= 0.3 is 0 Å². The third-order valence-corrected chi connectivity index (χ3v) is 4.27. The number of fused-ring (bicyclic) bond motifs is 3. The third kappa shape index (κ3) is 3.81. The van der Waals surface area contributed by atoms with Crippen molar-refractivity contribution in [2.45, 2.75) is 6.42 Å². The molecule has 18 heavy (non-hydrogen) atoms. The van der Waals surface area contributed by atoms with Crippen LogP contribution in [-0.4, -0.2) is 24.0 Å². The lowest BCUT2D eigenvalue weighted by molar-refractivity contribution is 0.504. The second-order valence-electron chi connectivity index (χ2n) is 4.23. The fourth-order valence-corrected chi connectivity index (χ4v) is 2.63. The van der Waals surface area contributed by atoms with E-state index < -0.39 is 0 Å². The molecule has 2 nitrogen and oxygen atoms in total. The number of aromatic nitrogens is 1. The van der Waals surface area contributed by atoms with E-state index in [1.807, 2.05) is 5.38 Å². The van der Waals surface area contributed by atoms with Crippen molar-refractivity contribution >= 4 is 40.0 Å². The first-order valence-electron chi connectivity index (χ1n) is 5.67. The van der Waals surface area contributed by atoms with Crippen LogP contribution < -0.4 is 0 Å². The van der Waals surface area contributed by atoms with Crippen LogP contribution in [0, 0.1) is 3.01 Å². The fraction of sp³-hybridized carbons (Fsp3) is 0.214. The topological polar surface area (TPSA) is 16.1 Å². The van der Waals surface area contributed by atoms with E-state index in [2.05, 4.69) is 76.9 Å². The molecule has 2 aromatic rings. The Hall–Kier alpha value is -0.880. The van der Waals surface area contributed by atoms with Crippen molar-refractivity contribution in [3.63, 3.8) is 0 Å². The molecule has 0 N–H and O–H groups in total. The normalized spacial score (nSPS) is 12.3. The molecule has 0 saturated heterocycles. The number of hydrogen-bond acceptors (Lipinski definition) is 3. The first kappa shape index (κ1) is 13.5. The highest BCUT2D eigenvalue weighted by molar-refractivity contribution is 14.1. The lowest BCUT2D eigenvalue weighted by atomic mass is 10.1. The van der Waals surface area contributed by atoms with Gasteiger partial charge in [-0.15, -0.1) is 11.3 Å². The first-order chi connectivity index (χ1) is 8.65. The maximum atomic E-state index is 3.92. The van der Waals surface area contributed by atoms with E-state index in [9.17, 15) is 0 Å². The Labute approximate surface area is 126 Å². The maximum Gasteiger partial charge on any atom is 0.153 e. The number of rotatable bonds is 1. The van der Waals surface area contributed by atoms with Crippen molar-refractivity contribution in [2.75, 3.05) is 14.1 Å². The van der Waals surface area contributed by atoms with E-state index in [0.29, 0.717) is 0 Å². The van der Waals surface area contributed by atoms with Gasteiger partial charge in [-0.2, -0.15) is 0 Å². The highest BCUT2D eigenvalue weighted by Crippen LogP contribution is 2.19. The van der Waals surface area contributed by atoms with Crippen LogP contribution in [0.2, 0.25) is 0 Å². The molecule has 0 amide bonds. The van der Waals surface area contributed by atoms with Crippen LogP contribution in [0.25, 0.3) is 6.08 Å². The van der Waals surface area contributed by atoms with Gasteiger partial charge in [0.05, 0.1) is 0 Å². The zero-order valence-electron chi connectivity index (χ0n) is 10.4. The standard InChI is InChI=1S/C11H13N.C3H2INS/c1-12(2)11-7-9-3-4-10(8-11)6-5-9;4-3-5-1-2-6-3/h3-7H,8H2,1-2H3;1-2H. The highest BCUT2D eigenvalue weighted by atomic mass is 127. The lowest BCUT2D eigenvalue weighted by Gasteiger charge is -2.15. The summed E-state index contributed by atoms with van der Waals surface area (Å²) < 4.78 is 1.10. The SMILES string of the molecule is CN(C)C1=Cc2ccc(cc2)C1.Ic1nccs1. The second-order valence-corrected chi connectivity index (χ2v) is 6.88. The van der Waals surface area contributed by atoms with Gasteiger partial charge in [0, 0.05) is 37.8 Å². The average Bonchev–Trinajstić information content (AvgIpc) is 2.66. The summed E-state index contributed by atoms with van der Waals surface area (Å²) in [7, 11) is 4.19. The van der Waals surface area contributed by atoms with E-state index in [1.165, 1.54) is 16.8 Å². The molecule has 0 atom stereocenters. The first-order valence-corrected chi connectivity index (χ1v) is 7.63. The minimum atomic E-state index is 1.06. The van der Waals surface area contributed by atoms with Crippen LogP contribution in [0.5, 0.6) is 0 Å². The largest absolute Gasteiger partial charge is 0.381 e. The predicted molar refractivity (Wildman–Crippen MR) is 86.6 cm³/mol. The van der Waals surface area contributed by atoms with Crippen molar-refractivity contribution in [3.8, 4) is 0 Å². The fourth-order valence-electron chi connectivity index (χ4n) is 1.68. The number of likely N-dealkylation sites (N-methyl/N-ethyl adjacent to an activating group) is 1. The molecule has 4 rings (SSSR count). The van der Waals surface area contributed by atoms with Gasteiger partial charge in [-0.1, -0.05) is 24.3 Å². The molecule has 1 aromatic carbocycles. The van der Waals surface area contributed by atoms with Crippen LogP contribution in [0.15, 0.2) is 41.5 Å². The molecule has 2 aliphatic rings. The molecule has 4 heteroatoms. The van der Waals surface area contributed by atoms with Crippen LogP contribution in [0.4, 0.5) is 0 Å². The molecule has 1 heterocycles. The second kappa shape index (κ2) is 6.33. The molecule has 1 aromatic heterocycles. The Balaban J connectivity index is 0.000000169. The number of hydrogen-bond donors (Lipinski definition) is 0. The van der Waals surface area contributed by atoms with Crippen molar-refractivity contribution in [1.82, 2.24) is 9.88 Å². The molecular weight excluding hydrogens is 355 g/mol. The Bertz CT molecular complexity index is 515. The van der Waals surface area contributed by atoms with Crippen LogP contribution in [0.3, 0.4) is 0 Å². The summed E-state index contributed by atoms with van der Waals surface area (Å²) in [5, 5.41) is 1.96. The number of thiazole rings is 1. The monoisotopic (exact) mass is 370 g/mol. The molecule has 0 saturated carbocycles. The van der Waals surface area contributed by atoms with E-state index in [0.717, 1.165) is 9.44 Å². The summed E-state index contributed by atoms with van der Waals surface area (Å²) in [5.41, 5.74) is 4.09. The van der Waals surface area contributed by atoms with Gasteiger partial charge in [0.25, 0.3) is 0 Å². The minimum Gasteiger partial charge on any atom is -0.381 e. The Morgan fingerprint density at radius 1 is 1.22 bits per heavy atom. The number of nitrogens with zero attached hydrogens (tertiary/aromatic N) is 2. The third-order valence-electron chi connectivity index (χ3n) is 2.67. The van der Waals surface area contributed by atoms with Crippen LogP contribution in [0.1, 0.15) is 11.1 Å². The summed E-state index contributed by atoms with van der Waals surface area (Å²) in [4.78, 5) is 6.10. The zero-order chi connectivity index (χ0) is 13.0. The molecule has 2 bridgehead atoms. The molecular formula is C14H15IN2S. The Kier molecular flexibility index (Phi) is 4.77. The lowest BCUT2D eigenvalue weighted by Crippen LogP contribution is -2.12. The number of halogens is 1. The van der Waals surface area contributed by atoms with Gasteiger partial charge in [0.1, 0.15) is 0 Å². The quantitative estimate of drug-likeness (QED) is 0.708. The molecule has 0 unspecified atom stereocenters. The summed E-state index contributed by atoms with van der Waals surface area (Å²) in [6.07, 6.45) is 5.10. The van der Waals surface area contributed by atoms with Crippen molar-refractivity contribution in [2.24, 2.45) is 0 Å². The van der Waals surface area contributed by atoms with Gasteiger partial charge < -0.3 is 4.90 Å². The van der Waals surface area contributed by atoms with Gasteiger partial charge in [-0.05, 0) is 39.8 Å². The molecule has 0 spiro atoms. The molecule has 0 fully saturated rings. The number of allylic oxidation sites excluding steroid dienone is 1. The Morgan fingerprint density at radius 3 is 2.39 bits per heavy atom. The molecule has 0 radical (unpaired) electrons. The van der Waals surface area contributed by atoms with Crippen molar-refractivity contribution < 1.29 is 0 Å². The molecule has 94 valence electrons. The van der Waals surface area contributed by atoms with Gasteiger partial charge in [0.15, 0.2) is 3.01 Å². The summed E-state index contributed by atoms with van der Waals surface area (Å²) in [6, 6.07) is 8.74. The van der Waals surface area contributed by atoms with Crippen LogP contribution in [-0.2, 0) is 6.42 Å². The van der Waals surface area contributed by atoms with Gasteiger partial charge in [-0.25, -0.2) is 4.98 Å². The summed E-state index contributed by atoms with van der Waals surface area (Å²) >= 11 is 3.84. The van der Waals surface area contributed by atoms with Crippen molar-refractivity contribution in [3.05, 3.63) is 55.7 Å². The van der Waals surface area contributed by atoms with E-state index in [-0.39, 0.29) is 0 Å². The highest BCUT2D eigenvalue weighted by Gasteiger charge is 2.06. The van der Waals surface area contributed by atoms with E-state index in [4.69, 9.17) is 0 Å². The molecule has 0 aliphatic heterocycles. The zero-order valence-corrected chi connectivity index (χ0v) is 13.4. The van der Waals surface area contributed by atoms with Crippen LogP contribution >= 0.6 is 33.9 Å². The average molecular weight is 370 g/mol. The molecule has 2 aliphatic carbocycles. The summed E-state index contributed by atoms with van der Waals surface area (Å²) in [5.74, 6) is 0. The minimum absolute atomic E-state index is 1.06. The van der Waals surface area contributed by atoms with E-state index >= 15 is 0 Å². The van der Waals surface area contributed by atoms with Gasteiger partial charge in [-0.3, -0.25) is 0 Å². The smallest absolute Gasteiger partial charge is 0.153 e. The van der Waals surface area contributed by atoms with E-state index in [1.54, 1.807) is 17.5 Å².